The van der Waals surface area contributed by atoms with Crippen LogP contribution in [0.2, 0.25) is 0 Å². The van der Waals surface area contributed by atoms with Crippen LogP contribution in [0.15, 0.2) is 65.6 Å². The maximum absolute atomic E-state index is 13.8. The van der Waals surface area contributed by atoms with Gasteiger partial charge in [-0.3, -0.25) is 23.6 Å². The van der Waals surface area contributed by atoms with Crippen LogP contribution in [-0.2, 0) is 11.3 Å². The fourth-order valence-electron chi connectivity index (χ4n) is 5.46. The molecule has 3 aliphatic rings. The van der Waals surface area contributed by atoms with Gasteiger partial charge in [0, 0.05) is 48.2 Å². The minimum Gasteiger partial charge on any atom is -0.497 e. The van der Waals surface area contributed by atoms with E-state index in [1.54, 1.807) is 49.4 Å². The van der Waals surface area contributed by atoms with Crippen LogP contribution in [0.1, 0.15) is 32.0 Å². The second-order valence-electron chi connectivity index (χ2n) is 10.7. The van der Waals surface area contributed by atoms with Crippen molar-refractivity contribution in [2.24, 2.45) is 0 Å². The Bertz CT molecular complexity index is 1870. The molecule has 1 saturated heterocycles. The number of pyridine rings is 1. The molecule has 232 valence electrons. The van der Waals surface area contributed by atoms with Gasteiger partial charge >= 0.3 is 0 Å². The molecule has 13 nitrogen and oxygen atoms in total. The number of ether oxygens (including phenoxy) is 4. The molecule has 0 radical (unpaired) electrons. The van der Waals surface area contributed by atoms with Gasteiger partial charge in [0.1, 0.15) is 40.3 Å². The second-order valence-corrected chi connectivity index (χ2v) is 10.7. The van der Waals surface area contributed by atoms with Crippen molar-refractivity contribution in [1.29, 1.82) is 0 Å². The lowest BCUT2D eigenvalue weighted by Crippen LogP contribution is -2.45. The van der Waals surface area contributed by atoms with Crippen LogP contribution in [0.4, 0.5) is 0 Å². The van der Waals surface area contributed by atoms with Gasteiger partial charge in [-0.25, -0.2) is 4.98 Å². The lowest BCUT2D eigenvalue weighted by molar-refractivity contribution is -0.123. The zero-order chi connectivity index (χ0) is 31.7. The number of hydrogen-bond donors (Lipinski definition) is 2. The molecule has 0 aliphatic carbocycles. The molecule has 2 aromatic carbocycles. The fourth-order valence-corrected chi connectivity index (χ4v) is 5.46. The van der Waals surface area contributed by atoms with Gasteiger partial charge in [0.25, 0.3) is 23.3 Å². The molecule has 7 rings (SSSR count). The number of fused-ring (bicyclic) bond motifs is 8. The molecule has 0 saturated carbocycles. The summed E-state index contributed by atoms with van der Waals surface area (Å²) < 4.78 is 24.3. The Balaban J connectivity index is 1.36. The smallest absolute Gasteiger partial charge is 0.270 e. The Morgan fingerprint density at radius 3 is 2.64 bits per heavy atom. The van der Waals surface area contributed by atoms with Gasteiger partial charge in [0.05, 0.1) is 26.8 Å². The van der Waals surface area contributed by atoms with Crippen LogP contribution in [0.5, 0.6) is 23.0 Å². The van der Waals surface area contributed by atoms with Crippen molar-refractivity contribution >= 4 is 23.4 Å². The zero-order valence-electron chi connectivity index (χ0n) is 24.9. The van der Waals surface area contributed by atoms with Gasteiger partial charge in [-0.1, -0.05) is 6.07 Å². The summed E-state index contributed by atoms with van der Waals surface area (Å²) in [5.74, 6) is 0.150. The molecular weight excluding hydrogens is 582 g/mol. The molecule has 0 spiro atoms. The van der Waals surface area contributed by atoms with Gasteiger partial charge in [0.2, 0.25) is 0 Å². The normalized spacial score (nSPS) is 18.2. The summed E-state index contributed by atoms with van der Waals surface area (Å²) in [4.78, 5) is 59.0. The van der Waals surface area contributed by atoms with Crippen LogP contribution in [0, 0.1) is 6.92 Å². The lowest BCUT2D eigenvalue weighted by atomic mass is 10.1. The first-order valence-electron chi connectivity index (χ1n) is 14.2. The van der Waals surface area contributed by atoms with E-state index in [1.165, 1.54) is 41.8 Å². The number of methoxy groups -OCH3 is 2. The molecule has 45 heavy (non-hydrogen) atoms. The van der Waals surface area contributed by atoms with Crippen molar-refractivity contribution in [2.45, 2.75) is 25.6 Å². The Kier molecular flexibility index (Phi) is 7.98. The second kappa shape index (κ2) is 12.2. The summed E-state index contributed by atoms with van der Waals surface area (Å²) >= 11 is 0. The summed E-state index contributed by atoms with van der Waals surface area (Å²) in [6.07, 6.45) is 0.592. The van der Waals surface area contributed by atoms with E-state index >= 15 is 0 Å². The van der Waals surface area contributed by atoms with E-state index in [2.05, 4.69) is 15.6 Å². The third kappa shape index (κ3) is 5.96. The molecule has 4 aromatic rings. The number of nitrogens with zero attached hydrogens (tertiary/aromatic N) is 3. The number of nitrogens with one attached hydrogen (secondary N) is 2. The highest BCUT2D eigenvalue weighted by Gasteiger charge is 2.39. The first-order valence-corrected chi connectivity index (χ1v) is 14.2. The van der Waals surface area contributed by atoms with Crippen molar-refractivity contribution < 1.29 is 33.3 Å². The van der Waals surface area contributed by atoms with E-state index in [9.17, 15) is 19.2 Å². The molecule has 3 amide bonds. The van der Waals surface area contributed by atoms with E-state index < -0.39 is 29.5 Å². The van der Waals surface area contributed by atoms with Gasteiger partial charge < -0.3 is 34.5 Å². The summed E-state index contributed by atoms with van der Waals surface area (Å²) in [5.41, 5.74) is 1.43. The van der Waals surface area contributed by atoms with Crippen molar-refractivity contribution in [2.75, 3.05) is 33.9 Å². The number of benzene rings is 2. The molecule has 2 atom stereocenters. The van der Waals surface area contributed by atoms with Crippen molar-refractivity contribution in [3.05, 3.63) is 93.5 Å². The topological polar surface area (TPSA) is 150 Å². The molecule has 1 fully saturated rings. The number of hydrogen-bond acceptors (Lipinski definition) is 9. The Morgan fingerprint density at radius 1 is 1.00 bits per heavy atom. The van der Waals surface area contributed by atoms with Gasteiger partial charge in [-0.05, 0) is 43.3 Å². The summed E-state index contributed by atoms with van der Waals surface area (Å²) in [5, 5.41) is 5.76. The van der Waals surface area contributed by atoms with Gasteiger partial charge in [0.15, 0.2) is 6.61 Å². The molecule has 3 aliphatic heterocycles. The standard InChI is InChI=1S/C32H31N5O8/c1-18-5-4-6-28-33-14-24(32(41)37(18)28)31(40)36-15-25-27(16-36)45-21-8-7-19(26(12-21)43-3)13-34-29(38)17-44-23-10-20(30(39)35-25)9-22(11-23)42-2/h4-12,14,25,27H,13,15-17H2,1-3H3,(H,34,38)(H,35,39)/t25-,27-/m0/s1. The number of aromatic nitrogens is 2. The van der Waals surface area contributed by atoms with Crippen molar-refractivity contribution in [3.63, 3.8) is 0 Å². The minimum absolute atomic E-state index is 0.0616. The number of rotatable bonds is 3. The number of aryl methyl sites for hydroxylation is 1. The first kappa shape index (κ1) is 29.5. The maximum Gasteiger partial charge on any atom is 0.270 e. The van der Waals surface area contributed by atoms with E-state index in [1.807, 2.05) is 0 Å². The van der Waals surface area contributed by atoms with Gasteiger partial charge in [-0.15, -0.1) is 0 Å². The predicted octanol–water partition coefficient (Wildman–Crippen LogP) is 1.73. The van der Waals surface area contributed by atoms with E-state index in [4.69, 9.17) is 18.9 Å². The summed E-state index contributed by atoms with van der Waals surface area (Å²) in [6.45, 7) is 1.79. The van der Waals surface area contributed by atoms with Crippen LogP contribution >= 0.6 is 0 Å². The third-order valence-corrected chi connectivity index (χ3v) is 7.79. The van der Waals surface area contributed by atoms with Crippen LogP contribution in [-0.4, -0.2) is 78.1 Å². The highest BCUT2D eigenvalue weighted by atomic mass is 16.5. The molecule has 0 unspecified atom stereocenters. The van der Waals surface area contributed by atoms with E-state index in [-0.39, 0.29) is 49.0 Å². The van der Waals surface area contributed by atoms with Crippen molar-refractivity contribution in [1.82, 2.24) is 24.9 Å². The van der Waals surface area contributed by atoms with Gasteiger partial charge in [-0.2, -0.15) is 0 Å². The van der Waals surface area contributed by atoms with Crippen molar-refractivity contribution in [3.8, 4) is 23.0 Å². The molecule has 13 heteroatoms. The summed E-state index contributed by atoms with van der Waals surface area (Å²) in [6, 6.07) is 14.3. The zero-order valence-corrected chi connectivity index (χ0v) is 24.9. The molecule has 4 bridgehead atoms. The highest BCUT2D eigenvalue weighted by Crippen LogP contribution is 2.28. The van der Waals surface area contributed by atoms with Crippen LogP contribution < -0.4 is 35.1 Å². The molecule has 2 aromatic heterocycles. The van der Waals surface area contributed by atoms with Crippen LogP contribution in [0.25, 0.3) is 5.65 Å². The lowest BCUT2D eigenvalue weighted by Gasteiger charge is -2.22. The predicted molar refractivity (Wildman–Crippen MR) is 161 cm³/mol. The number of carbonyl (C=O) groups is 3. The number of likely N-dealkylation sites (tertiary alicyclic amines) is 1. The maximum atomic E-state index is 13.8. The molecular formula is C32H31N5O8. The first-order chi connectivity index (χ1) is 21.7. The Morgan fingerprint density at radius 2 is 1.84 bits per heavy atom. The van der Waals surface area contributed by atoms with Crippen LogP contribution in [0.3, 0.4) is 0 Å². The SMILES string of the molecule is COc1cc2cc(c1)C(=O)N[C@H]1CN(C(=O)c3cnc4cccc(C)n4c3=O)C[C@@H]1Oc1ccc(c(OC)c1)CNC(=O)CO2. The quantitative estimate of drug-likeness (QED) is 0.352. The number of amides is 3. The molecule has 5 heterocycles. The Labute approximate surface area is 257 Å². The number of carbonyl (C=O) groups excluding carboxylic acids is 3. The average Bonchev–Trinajstić information content (AvgIpc) is 3.43. The monoisotopic (exact) mass is 613 g/mol. The Hall–Kier alpha value is -5.59. The largest absolute Gasteiger partial charge is 0.497 e. The molecule has 2 N–H and O–H groups in total. The highest BCUT2D eigenvalue weighted by molar-refractivity contribution is 5.96. The minimum atomic E-state index is -0.692. The average molecular weight is 614 g/mol. The van der Waals surface area contributed by atoms with E-state index in [0.29, 0.717) is 34.2 Å². The summed E-state index contributed by atoms with van der Waals surface area (Å²) in [7, 11) is 2.96. The van der Waals surface area contributed by atoms with E-state index in [0.717, 1.165) is 0 Å². The fraction of sp³-hybridized carbons (Fsp3) is 0.281. The third-order valence-electron chi connectivity index (χ3n) is 7.79.